The van der Waals surface area contributed by atoms with E-state index in [4.69, 9.17) is 5.73 Å². The number of nitrogens with zero attached hydrogens (tertiary/aromatic N) is 5. The number of rotatable bonds is 3. The van der Waals surface area contributed by atoms with Crippen LogP contribution in [0.15, 0.2) is 30.3 Å². The lowest BCUT2D eigenvalue weighted by molar-refractivity contribution is -0.135. The molecule has 1 saturated heterocycles. The van der Waals surface area contributed by atoms with Crippen molar-refractivity contribution in [1.29, 1.82) is 0 Å². The van der Waals surface area contributed by atoms with Crippen molar-refractivity contribution < 1.29 is 4.79 Å². The molecule has 1 fully saturated rings. The number of hydrogen-bond donors (Lipinski definition) is 1. The van der Waals surface area contributed by atoms with Crippen LogP contribution in [0.4, 0.5) is 0 Å². The summed E-state index contributed by atoms with van der Waals surface area (Å²) in [5.41, 5.74) is 6.93. The predicted molar refractivity (Wildman–Crippen MR) is 93.5 cm³/mol. The van der Waals surface area contributed by atoms with Gasteiger partial charge in [0, 0.05) is 24.7 Å². The Morgan fingerprint density at radius 1 is 1.33 bits per heavy atom. The molecule has 2 aromatic rings. The van der Waals surface area contributed by atoms with E-state index >= 15 is 0 Å². The van der Waals surface area contributed by atoms with Crippen molar-refractivity contribution in [2.75, 3.05) is 13.1 Å². The average molecular weight is 351 g/mol. The van der Waals surface area contributed by atoms with Gasteiger partial charge in [-0.3, -0.25) is 4.79 Å². The fourth-order valence-electron chi connectivity index (χ4n) is 2.82. The number of aromatic nitrogens is 4. The van der Waals surface area contributed by atoms with Crippen LogP contribution < -0.4 is 5.73 Å². The summed E-state index contributed by atoms with van der Waals surface area (Å²) >= 11 is 0. The Bertz CT molecular complexity index is 687. The summed E-state index contributed by atoms with van der Waals surface area (Å²) in [6, 6.07) is 9.72. The largest absolute Gasteiger partial charge is 0.340 e. The Kier molecular flexibility index (Phi) is 5.56. The van der Waals surface area contributed by atoms with Gasteiger partial charge in [-0.25, -0.2) is 0 Å². The van der Waals surface area contributed by atoms with E-state index in [1.165, 1.54) is 4.80 Å². The zero-order chi connectivity index (χ0) is 16.4. The van der Waals surface area contributed by atoms with Gasteiger partial charge in [-0.1, -0.05) is 44.2 Å². The van der Waals surface area contributed by atoms with Gasteiger partial charge < -0.3 is 10.6 Å². The van der Waals surface area contributed by atoms with Crippen LogP contribution >= 0.6 is 12.4 Å². The maximum absolute atomic E-state index is 12.5. The molecule has 1 aliphatic heterocycles. The highest BCUT2D eigenvalue weighted by atomic mass is 35.5. The minimum atomic E-state index is -0.0705. The summed E-state index contributed by atoms with van der Waals surface area (Å²) in [6.07, 6.45) is 0.818. The normalized spacial score (nSPS) is 19.6. The number of nitrogens with two attached hydrogens (primary N) is 1. The lowest BCUT2D eigenvalue weighted by atomic mass is 9.80. The Labute approximate surface area is 147 Å². The van der Waals surface area contributed by atoms with Gasteiger partial charge in [0.15, 0.2) is 0 Å². The summed E-state index contributed by atoms with van der Waals surface area (Å²) in [7, 11) is 0. The quantitative estimate of drug-likeness (QED) is 0.902. The molecule has 1 atom stereocenters. The Balaban J connectivity index is 0.00000208. The maximum atomic E-state index is 12.5. The molecular formula is C16H23ClN6O. The Hall–Kier alpha value is -1.99. The lowest BCUT2D eigenvalue weighted by Gasteiger charge is -2.42. The first-order chi connectivity index (χ1) is 11.0. The number of likely N-dealkylation sites (tertiary alicyclic amines) is 1. The van der Waals surface area contributed by atoms with Gasteiger partial charge in [-0.05, 0) is 17.0 Å². The molecule has 0 spiro atoms. The van der Waals surface area contributed by atoms with Crippen LogP contribution in [0.3, 0.4) is 0 Å². The number of hydrogen-bond acceptors (Lipinski definition) is 5. The van der Waals surface area contributed by atoms with E-state index in [9.17, 15) is 4.79 Å². The van der Waals surface area contributed by atoms with Crippen molar-refractivity contribution in [3.63, 3.8) is 0 Å². The second-order valence-corrected chi connectivity index (χ2v) is 6.71. The summed E-state index contributed by atoms with van der Waals surface area (Å²) in [5, 5.41) is 12.3. The zero-order valence-electron chi connectivity index (χ0n) is 13.9. The topological polar surface area (TPSA) is 89.9 Å². The van der Waals surface area contributed by atoms with E-state index < -0.39 is 0 Å². The second-order valence-electron chi connectivity index (χ2n) is 6.71. The highest BCUT2D eigenvalue weighted by molar-refractivity contribution is 5.85. The van der Waals surface area contributed by atoms with Gasteiger partial charge in [0.1, 0.15) is 6.54 Å². The van der Waals surface area contributed by atoms with Gasteiger partial charge in [-0.15, -0.1) is 22.6 Å². The van der Waals surface area contributed by atoms with Crippen molar-refractivity contribution in [2.45, 2.75) is 32.9 Å². The number of tetrazole rings is 1. The van der Waals surface area contributed by atoms with Gasteiger partial charge in [0.05, 0.1) is 0 Å². The molecule has 2 heterocycles. The molecule has 1 amide bonds. The molecule has 2 N–H and O–H groups in total. The Morgan fingerprint density at radius 2 is 2.04 bits per heavy atom. The van der Waals surface area contributed by atoms with Crippen LogP contribution in [-0.2, 0) is 11.3 Å². The number of piperidine rings is 1. The first-order valence-corrected chi connectivity index (χ1v) is 7.82. The monoisotopic (exact) mass is 350 g/mol. The van der Waals surface area contributed by atoms with Crippen LogP contribution in [0.25, 0.3) is 11.4 Å². The first-order valence-electron chi connectivity index (χ1n) is 7.82. The molecule has 7 nitrogen and oxygen atoms in total. The van der Waals surface area contributed by atoms with E-state index in [0.29, 0.717) is 18.9 Å². The smallest absolute Gasteiger partial charge is 0.246 e. The number of benzene rings is 1. The molecule has 1 unspecified atom stereocenters. The molecule has 1 aromatic heterocycles. The fraction of sp³-hybridized carbons (Fsp3) is 0.500. The first kappa shape index (κ1) is 18.4. The fourth-order valence-corrected chi connectivity index (χ4v) is 2.82. The SMILES string of the molecule is CC1(C)CN(C(=O)Cn2nnc(-c3ccccc3)n2)CCC1N.Cl. The molecule has 0 bridgehead atoms. The molecule has 3 rings (SSSR count). The van der Waals surface area contributed by atoms with Gasteiger partial charge in [-0.2, -0.15) is 4.80 Å². The summed E-state index contributed by atoms with van der Waals surface area (Å²) in [4.78, 5) is 15.7. The minimum absolute atomic E-state index is 0. The highest BCUT2D eigenvalue weighted by Gasteiger charge is 2.35. The molecule has 24 heavy (non-hydrogen) atoms. The molecule has 0 aliphatic carbocycles. The van der Waals surface area contributed by atoms with Crippen molar-refractivity contribution in [3.05, 3.63) is 30.3 Å². The zero-order valence-corrected chi connectivity index (χ0v) is 14.7. The molecule has 1 aliphatic rings. The maximum Gasteiger partial charge on any atom is 0.246 e. The van der Waals surface area contributed by atoms with Gasteiger partial charge in [0.25, 0.3) is 0 Å². The Morgan fingerprint density at radius 3 is 2.71 bits per heavy atom. The molecule has 0 saturated carbocycles. The predicted octanol–water partition coefficient (Wildman–Crippen LogP) is 1.35. The molecule has 0 radical (unpaired) electrons. The third kappa shape index (κ3) is 3.91. The van der Waals surface area contributed by atoms with Gasteiger partial charge >= 0.3 is 0 Å². The number of amides is 1. The van der Waals surface area contributed by atoms with Crippen molar-refractivity contribution in [2.24, 2.45) is 11.1 Å². The van der Waals surface area contributed by atoms with Crippen molar-refractivity contribution >= 4 is 18.3 Å². The number of halogens is 1. The summed E-state index contributed by atoms with van der Waals surface area (Å²) in [6.45, 7) is 5.64. The van der Waals surface area contributed by atoms with Crippen LogP contribution in [0.5, 0.6) is 0 Å². The standard InChI is InChI=1S/C16H22N6O.ClH/c1-16(2)11-21(9-8-13(16)17)14(23)10-22-19-15(18-20-22)12-6-4-3-5-7-12;/h3-7,13H,8-11,17H2,1-2H3;1H. The lowest BCUT2D eigenvalue weighted by Crippen LogP contribution is -2.54. The second kappa shape index (κ2) is 7.27. The molecule has 130 valence electrons. The minimum Gasteiger partial charge on any atom is -0.340 e. The van der Waals surface area contributed by atoms with E-state index in [1.807, 2.05) is 35.2 Å². The van der Waals surface area contributed by atoms with Crippen molar-refractivity contribution in [3.8, 4) is 11.4 Å². The van der Waals surface area contributed by atoms with E-state index in [0.717, 1.165) is 12.0 Å². The summed E-state index contributed by atoms with van der Waals surface area (Å²) in [5.74, 6) is 0.529. The third-order valence-electron chi connectivity index (χ3n) is 4.43. The van der Waals surface area contributed by atoms with Crippen LogP contribution in [-0.4, -0.2) is 50.1 Å². The third-order valence-corrected chi connectivity index (χ3v) is 4.43. The van der Waals surface area contributed by atoms with E-state index in [1.54, 1.807) is 0 Å². The summed E-state index contributed by atoms with van der Waals surface area (Å²) < 4.78 is 0. The highest BCUT2D eigenvalue weighted by Crippen LogP contribution is 2.27. The van der Waals surface area contributed by atoms with Gasteiger partial charge in [0.2, 0.25) is 11.7 Å². The number of carbonyl (C=O) groups is 1. The number of carbonyl (C=O) groups excluding carboxylic acids is 1. The van der Waals surface area contributed by atoms with Crippen LogP contribution in [0, 0.1) is 5.41 Å². The van der Waals surface area contributed by atoms with E-state index in [-0.39, 0.29) is 36.3 Å². The van der Waals surface area contributed by atoms with Crippen molar-refractivity contribution in [1.82, 2.24) is 25.1 Å². The van der Waals surface area contributed by atoms with Crippen LogP contribution in [0.2, 0.25) is 0 Å². The molecule has 1 aromatic carbocycles. The van der Waals surface area contributed by atoms with Crippen LogP contribution in [0.1, 0.15) is 20.3 Å². The molecular weight excluding hydrogens is 328 g/mol. The average Bonchev–Trinajstić information content (AvgIpc) is 2.99. The van der Waals surface area contributed by atoms with E-state index in [2.05, 4.69) is 29.3 Å². The molecule has 8 heteroatoms.